The monoisotopic (exact) mass is 407 g/mol. The molecule has 0 saturated carbocycles. The quantitative estimate of drug-likeness (QED) is 0.261. The van der Waals surface area contributed by atoms with Crippen molar-refractivity contribution < 1.29 is 32.9 Å². The topological polar surface area (TPSA) is 78.8 Å². The summed E-state index contributed by atoms with van der Waals surface area (Å²) in [7, 11) is 0. The number of benzene rings is 1. The SMILES string of the molecule is C=Cc1c(F)c(C(O)O)c(F)c(F)c1SCCCCNC(=O)OC(C)(C)C. The molecule has 0 spiro atoms. The molecule has 152 valence electrons. The summed E-state index contributed by atoms with van der Waals surface area (Å²) in [6.07, 6.45) is -0.941. The van der Waals surface area contributed by atoms with Crippen LogP contribution >= 0.6 is 11.8 Å². The summed E-state index contributed by atoms with van der Waals surface area (Å²) < 4.78 is 47.4. The molecular weight excluding hydrogens is 383 g/mol. The third-order valence-corrected chi connectivity index (χ3v) is 4.47. The smallest absolute Gasteiger partial charge is 0.407 e. The van der Waals surface area contributed by atoms with E-state index in [4.69, 9.17) is 14.9 Å². The second kappa shape index (κ2) is 10.0. The Morgan fingerprint density at radius 1 is 1.22 bits per heavy atom. The van der Waals surface area contributed by atoms with E-state index in [1.807, 2.05) is 0 Å². The summed E-state index contributed by atoms with van der Waals surface area (Å²) in [6.45, 7) is 8.93. The number of carbonyl (C=O) groups excluding carboxylic acids is 1. The Balaban J connectivity index is 2.63. The number of carbonyl (C=O) groups is 1. The van der Waals surface area contributed by atoms with E-state index in [9.17, 15) is 18.0 Å². The van der Waals surface area contributed by atoms with Gasteiger partial charge in [0.05, 0.1) is 10.5 Å². The number of unbranched alkanes of at least 4 members (excludes halogenated alkanes) is 1. The number of rotatable bonds is 8. The highest BCUT2D eigenvalue weighted by molar-refractivity contribution is 7.99. The molecule has 0 aliphatic carbocycles. The van der Waals surface area contributed by atoms with Gasteiger partial charge in [0, 0.05) is 12.1 Å². The molecule has 1 rings (SSSR count). The van der Waals surface area contributed by atoms with E-state index in [0.29, 0.717) is 25.1 Å². The number of aliphatic hydroxyl groups is 2. The van der Waals surface area contributed by atoms with E-state index >= 15 is 0 Å². The van der Waals surface area contributed by atoms with Crippen LogP contribution in [-0.2, 0) is 4.74 Å². The van der Waals surface area contributed by atoms with Crippen molar-refractivity contribution in [2.75, 3.05) is 12.3 Å². The molecule has 27 heavy (non-hydrogen) atoms. The summed E-state index contributed by atoms with van der Waals surface area (Å²) in [4.78, 5) is 11.2. The first-order valence-electron chi connectivity index (χ1n) is 8.28. The maximum absolute atomic E-state index is 14.2. The van der Waals surface area contributed by atoms with E-state index in [2.05, 4.69) is 11.9 Å². The lowest BCUT2D eigenvalue weighted by Crippen LogP contribution is -2.33. The van der Waals surface area contributed by atoms with Gasteiger partial charge in [-0.3, -0.25) is 0 Å². The van der Waals surface area contributed by atoms with Crippen molar-refractivity contribution >= 4 is 23.9 Å². The van der Waals surface area contributed by atoms with E-state index < -0.39 is 41.0 Å². The molecule has 1 aromatic carbocycles. The van der Waals surface area contributed by atoms with E-state index in [0.717, 1.165) is 17.8 Å². The normalized spacial score (nSPS) is 11.6. The lowest BCUT2D eigenvalue weighted by atomic mass is 10.1. The highest BCUT2D eigenvalue weighted by Gasteiger charge is 2.27. The van der Waals surface area contributed by atoms with Crippen LogP contribution < -0.4 is 5.32 Å². The van der Waals surface area contributed by atoms with E-state index in [1.54, 1.807) is 20.8 Å². The first kappa shape index (κ1) is 23.3. The molecule has 0 atom stereocenters. The Hall–Kier alpha value is -1.71. The van der Waals surface area contributed by atoms with Gasteiger partial charge in [0.2, 0.25) is 0 Å². The number of aliphatic hydroxyl groups excluding tert-OH is 1. The van der Waals surface area contributed by atoms with Crippen LogP contribution in [-0.4, -0.2) is 34.2 Å². The van der Waals surface area contributed by atoms with Gasteiger partial charge in [-0.15, -0.1) is 11.8 Å². The summed E-state index contributed by atoms with van der Waals surface area (Å²) in [5, 5.41) is 20.6. The first-order valence-corrected chi connectivity index (χ1v) is 9.26. The minimum absolute atomic E-state index is 0.287. The molecule has 0 aliphatic rings. The molecule has 0 heterocycles. The Bertz CT molecular complexity index is 690. The summed E-state index contributed by atoms with van der Waals surface area (Å²) in [6, 6.07) is 0. The molecule has 0 fully saturated rings. The minimum Gasteiger partial charge on any atom is -0.444 e. The minimum atomic E-state index is -2.48. The number of thioether (sulfide) groups is 1. The second-order valence-corrected chi connectivity index (χ2v) is 7.77. The van der Waals surface area contributed by atoms with Crippen molar-refractivity contribution in [3.63, 3.8) is 0 Å². The van der Waals surface area contributed by atoms with Crippen LogP contribution in [0.25, 0.3) is 6.08 Å². The number of ether oxygens (including phenoxy) is 1. The van der Waals surface area contributed by atoms with E-state index in [1.165, 1.54) is 0 Å². The Morgan fingerprint density at radius 3 is 2.37 bits per heavy atom. The van der Waals surface area contributed by atoms with Gasteiger partial charge in [-0.25, -0.2) is 18.0 Å². The third-order valence-electron chi connectivity index (χ3n) is 3.29. The van der Waals surface area contributed by atoms with E-state index in [-0.39, 0.29) is 10.5 Å². The van der Waals surface area contributed by atoms with Crippen LogP contribution in [0.15, 0.2) is 11.5 Å². The van der Waals surface area contributed by atoms with Crippen LogP contribution in [0, 0.1) is 17.5 Å². The van der Waals surface area contributed by atoms with Crippen molar-refractivity contribution in [2.24, 2.45) is 0 Å². The Labute approximate surface area is 160 Å². The van der Waals surface area contributed by atoms with Gasteiger partial charge < -0.3 is 20.3 Å². The van der Waals surface area contributed by atoms with Gasteiger partial charge in [-0.2, -0.15) is 0 Å². The van der Waals surface area contributed by atoms with Crippen molar-refractivity contribution in [3.8, 4) is 0 Å². The van der Waals surface area contributed by atoms with Crippen LogP contribution in [0.2, 0.25) is 0 Å². The zero-order chi connectivity index (χ0) is 20.8. The van der Waals surface area contributed by atoms with Crippen LogP contribution in [0.4, 0.5) is 18.0 Å². The summed E-state index contributed by atoms with van der Waals surface area (Å²) in [5.74, 6) is -3.92. The van der Waals surface area contributed by atoms with Crippen molar-refractivity contribution in [1.82, 2.24) is 5.32 Å². The largest absolute Gasteiger partial charge is 0.444 e. The molecule has 0 unspecified atom stereocenters. The fourth-order valence-corrected chi connectivity index (χ4v) is 3.23. The molecule has 5 nitrogen and oxygen atoms in total. The number of amides is 1. The zero-order valence-electron chi connectivity index (χ0n) is 15.4. The number of halogens is 3. The Kier molecular flexibility index (Phi) is 8.64. The molecule has 0 radical (unpaired) electrons. The van der Waals surface area contributed by atoms with Crippen LogP contribution in [0.1, 0.15) is 51.0 Å². The fourth-order valence-electron chi connectivity index (χ4n) is 2.13. The maximum Gasteiger partial charge on any atom is 0.407 e. The number of hydrogen-bond donors (Lipinski definition) is 3. The molecule has 0 aromatic heterocycles. The Morgan fingerprint density at radius 2 is 1.85 bits per heavy atom. The predicted molar refractivity (Wildman–Crippen MR) is 97.8 cm³/mol. The maximum atomic E-state index is 14.2. The third kappa shape index (κ3) is 6.75. The molecule has 3 N–H and O–H groups in total. The molecule has 0 saturated heterocycles. The standard InChI is InChI=1S/C18H24F3NO4S/c1-5-10-12(19)11(16(23)24)13(20)14(21)15(10)27-9-7-6-8-22-17(25)26-18(2,3)4/h5,16,23-24H,1,6-9H2,2-4H3,(H,22,25). The van der Waals surface area contributed by atoms with Crippen molar-refractivity contribution in [1.29, 1.82) is 0 Å². The average molecular weight is 407 g/mol. The van der Waals surface area contributed by atoms with Crippen LogP contribution in [0.5, 0.6) is 0 Å². The first-order chi connectivity index (χ1) is 12.5. The average Bonchev–Trinajstić information content (AvgIpc) is 2.53. The van der Waals surface area contributed by atoms with Gasteiger partial charge in [-0.1, -0.05) is 12.7 Å². The zero-order valence-corrected chi connectivity index (χ0v) is 16.3. The highest BCUT2D eigenvalue weighted by Crippen LogP contribution is 2.35. The number of hydrogen-bond acceptors (Lipinski definition) is 5. The van der Waals surface area contributed by atoms with Gasteiger partial charge in [0.1, 0.15) is 11.4 Å². The fraction of sp³-hybridized carbons (Fsp3) is 0.500. The van der Waals surface area contributed by atoms with Crippen LogP contribution in [0.3, 0.4) is 0 Å². The van der Waals surface area contributed by atoms with Gasteiger partial charge in [-0.05, 0) is 39.4 Å². The second-order valence-electron chi connectivity index (χ2n) is 6.66. The molecule has 0 bridgehead atoms. The van der Waals surface area contributed by atoms with Crippen molar-refractivity contribution in [2.45, 2.75) is 50.4 Å². The highest BCUT2D eigenvalue weighted by atomic mass is 32.2. The molecule has 9 heteroatoms. The molecule has 0 aliphatic heterocycles. The lowest BCUT2D eigenvalue weighted by molar-refractivity contribution is -0.0481. The summed E-state index contributed by atoms with van der Waals surface area (Å²) in [5.41, 5.74) is -2.07. The molecule has 1 aromatic rings. The number of alkyl carbamates (subject to hydrolysis) is 1. The predicted octanol–water partition coefficient (Wildman–Crippen LogP) is 4.13. The van der Waals surface area contributed by atoms with Gasteiger partial charge in [0.25, 0.3) is 0 Å². The van der Waals surface area contributed by atoms with Gasteiger partial charge >= 0.3 is 6.09 Å². The lowest BCUT2D eigenvalue weighted by Gasteiger charge is -2.19. The molecular formula is C18H24F3NO4S. The molecule has 1 amide bonds. The summed E-state index contributed by atoms with van der Waals surface area (Å²) >= 11 is 0.882. The van der Waals surface area contributed by atoms with Gasteiger partial charge in [0.15, 0.2) is 17.9 Å². The van der Waals surface area contributed by atoms with Crippen molar-refractivity contribution in [3.05, 3.63) is 35.2 Å². The number of nitrogens with one attached hydrogen (secondary N) is 1.